The Balaban J connectivity index is 2.76. The van der Waals surface area contributed by atoms with Crippen molar-refractivity contribution in [2.24, 2.45) is 0 Å². The summed E-state index contributed by atoms with van der Waals surface area (Å²) in [4.78, 5) is 0. The summed E-state index contributed by atoms with van der Waals surface area (Å²) in [5.41, 5.74) is 1.66. The van der Waals surface area contributed by atoms with Crippen molar-refractivity contribution < 1.29 is 13.9 Å². The van der Waals surface area contributed by atoms with Crippen molar-refractivity contribution in [3.63, 3.8) is 0 Å². The molecule has 0 aliphatic rings. The van der Waals surface area contributed by atoms with E-state index < -0.39 is 4.18 Å². The van der Waals surface area contributed by atoms with Gasteiger partial charge in [0.25, 0.3) is 0 Å². The van der Waals surface area contributed by atoms with Crippen molar-refractivity contribution in [1.29, 1.82) is 0 Å². The predicted molar refractivity (Wildman–Crippen MR) is 67.7 cm³/mol. The number of aliphatic hydroxyl groups is 1. The van der Waals surface area contributed by atoms with E-state index in [0.29, 0.717) is 16.7 Å². The van der Waals surface area contributed by atoms with Crippen LogP contribution < -0.4 is 0 Å². The standard InChI is InChI=1S/C10H7BrFIO2/c11-6-1-7-5(3-14)4-15-9(7)8(2-6)10(12)13/h1-2,4,10,14H,3H2. The summed E-state index contributed by atoms with van der Waals surface area (Å²) in [5.74, 6) is 0. The Morgan fingerprint density at radius 3 is 2.87 bits per heavy atom. The lowest BCUT2D eigenvalue weighted by atomic mass is 10.1. The smallest absolute Gasteiger partial charge is 0.179 e. The van der Waals surface area contributed by atoms with Crippen LogP contribution in [0.25, 0.3) is 11.0 Å². The molecule has 1 N–H and O–H groups in total. The summed E-state index contributed by atoms with van der Waals surface area (Å²) >= 11 is 4.99. The monoisotopic (exact) mass is 384 g/mol. The number of alkyl halides is 2. The van der Waals surface area contributed by atoms with E-state index in [-0.39, 0.29) is 6.61 Å². The molecule has 0 radical (unpaired) electrons. The Labute approximate surface area is 108 Å². The lowest BCUT2D eigenvalue weighted by Crippen LogP contribution is -1.85. The highest BCUT2D eigenvalue weighted by Crippen LogP contribution is 2.36. The molecule has 1 aromatic heterocycles. The normalized spacial score (nSPS) is 13.3. The van der Waals surface area contributed by atoms with Gasteiger partial charge < -0.3 is 9.52 Å². The van der Waals surface area contributed by atoms with E-state index in [1.165, 1.54) is 6.26 Å². The lowest BCUT2D eigenvalue weighted by molar-refractivity contribution is 0.281. The zero-order valence-corrected chi connectivity index (χ0v) is 11.2. The van der Waals surface area contributed by atoms with E-state index in [1.54, 1.807) is 28.7 Å². The van der Waals surface area contributed by atoms with Crippen LogP contribution in [-0.4, -0.2) is 5.11 Å². The van der Waals surface area contributed by atoms with Gasteiger partial charge in [-0.15, -0.1) is 0 Å². The summed E-state index contributed by atoms with van der Waals surface area (Å²) in [6.07, 6.45) is 1.46. The van der Waals surface area contributed by atoms with Gasteiger partial charge in [-0.3, -0.25) is 0 Å². The van der Waals surface area contributed by atoms with Gasteiger partial charge in [-0.05, 0) is 34.7 Å². The third-order valence-electron chi connectivity index (χ3n) is 2.15. The third-order valence-corrected chi connectivity index (χ3v) is 3.28. The van der Waals surface area contributed by atoms with Crippen LogP contribution >= 0.6 is 38.5 Å². The molecular formula is C10H7BrFIO2. The summed E-state index contributed by atoms with van der Waals surface area (Å²) in [7, 11) is 0. The van der Waals surface area contributed by atoms with Crippen molar-refractivity contribution in [3.05, 3.63) is 34.0 Å². The molecule has 5 heteroatoms. The molecule has 1 aromatic carbocycles. The maximum absolute atomic E-state index is 13.3. The zero-order valence-electron chi connectivity index (χ0n) is 7.51. The SMILES string of the molecule is OCc1coc2c(C(F)I)cc(Br)cc12. The van der Waals surface area contributed by atoms with E-state index in [1.807, 2.05) is 6.07 Å². The van der Waals surface area contributed by atoms with Crippen molar-refractivity contribution in [1.82, 2.24) is 0 Å². The van der Waals surface area contributed by atoms with Gasteiger partial charge in [0, 0.05) is 21.0 Å². The number of benzene rings is 1. The van der Waals surface area contributed by atoms with Crippen LogP contribution in [-0.2, 0) is 6.61 Å². The number of halogens is 3. The molecule has 2 aromatic rings. The summed E-state index contributed by atoms with van der Waals surface area (Å²) in [6.45, 7) is -0.110. The number of hydrogen-bond acceptors (Lipinski definition) is 2. The number of fused-ring (bicyclic) bond motifs is 1. The Hall–Kier alpha value is -0.140. The molecule has 0 aliphatic heterocycles. The van der Waals surface area contributed by atoms with Crippen molar-refractivity contribution >= 4 is 49.5 Å². The number of rotatable bonds is 2. The molecule has 2 rings (SSSR count). The second kappa shape index (κ2) is 4.39. The minimum Gasteiger partial charge on any atom is -0.464 e. The first-order chi connectivity index (χ1) is 7.13. The van der Waals surface area contributed by atoms with Crippen molar-refractivity contribution in [3.8, 4) is 0 Å². The molecule has 0 bridgehead atoms. The molecular weight excluding hydrogens is 378 g/mol. The van der Waals surface area contributed by atoms with Gasteiger partial charge in [-0.25, -0.2) is 4.39 Å². The number of hydrogen-bond donors (Lipinski definition) is 1. The highest BCUT2D eigenvalue weighted by molar-refractivity contribution is 14.1. The Bertz CT molecular complexity index is 495. The fourth-order valence-electron chi connectivity index (χ4n) is 1.46. The van der Waals surface area contributed by atoms with Gasteiger partial charge in [0.15, 0.2) is 4.18 Å². The first kappa shape index (κ1) is 11.3. The molecule has 0 spiro atoms. The average Bonchev–Trinajstić information content (AvgIpc) is 2.58. The molecule has 2 nitrogen and oxygen atoms in total. The quantitative estimate of drug-likeness (QED) is 0.624. The van der Waals surface area contributed by atoms with Crippen LogP contribution in [0.4, 0.5) is 4.39 Å². The van der Waals surface area contributed by atoms with E-state index in [4.69, 9.17) is 9.52 Å². The topological polar surface area (TPSA) is 33.4 Å². The maximum Gasteiger partial charge on any atom is 0.179 e. The highest BCUT2D eigenvalue weighted by atomic mass is 127. The summed E-state index contributed by atoms with van der Waals surface area (Å²) in [6, 6.07) is 3.50. The Morgan fingerprint density at radius 2 is 2.27 bits per heavy atom. The molecule has 1 atom stereocenters. The lowest BCUT2D eigenvalue weighted by Gasteiger charge is -2.03. The average molecular weight is 385 g/mol. The molecule has 0 aliphatic carbocycles. The summed E-state index contributed by atoms with van der Waals surface area (Å²) < 4.78 is 18.2. The second-order valence-corrected chi connectivity index (χ2v) is 5.10. The van der Waals surface area contributed by atoms with E-state index in [9.17, 15) is 4.39 Å². The minimum absolute atomic E-state index is 0.110. The van der Waals surface area contributed by atoms with E-state index >= 15 is 0 Å². The highest BCUT2D eigenvalue weighted by Gasteiger charge is 2.15. The zero-order chi connectivity index (χ0) is 11.0. The van der Waals surface area contributed by atoms with Gasteiger partial charge in [0.2, 0.25) is 0 Å². The van der Waals surface area contributed by atoms with Gasteiger partial charge in [-0.1, -0.05) is 15.9 Å². The maximum atomic E-state index is 13.3. The van der Waals surface area contributed by atoms with Gasteiger partial charge in [0.05, 0.1) is 12.9 Å². The molecule has 15 heavy (non-hydrogen) atoms. The summed E-state index contributed by atoms with van der Waals surface area (Å²) in [5, 5.41) is 9.83. The molecule has 0 saturated heterocycles. The first-order valence-corrected chi connectivity index (χ1v) is 6.26. The molecule has 80 valence electrons. The van der Waals surface area contributed by atoms with Gasteiger partial charge in [0.1, 0.15) is 5.58 Å². The Morgan fingerprint density at radius 1 is 1.53 bits per heavy atom. The molecule has 0 saturated carbocycles. The van der Waals surface area contributed by atoms with E-state index in [0.717, 1.165) is 9.86 Å². The fourth-order valence-corrected chi connectivity index (χ4v) is 2.40. The van der Waals surface area contributed by atoms with Crippen LogP contribution in [0.5, 0.6) is 0 Å². The number of aliphatic hydroxyl groups excluding tert-OH is 1. The third kappa shape index (κ3) is 2.05. The van der Waals surface area contributed by atoms with Crippen LogP contribution in [0.1, 0.15) is 15.3 Å². The molecule has 0 fully saturated rings. The first-order valence-electron chi connectivity index (χ1n) is 4.22. The predicted octanol–water partition coefficient (Wildman–Crippen LogP) is 4.09. The van der Waals surface area contributed by atoms with Crippen LogP contribution in [0.3, 0.4) is 0 Å². The molecule has 1 heterocycles. The minimum atomic E-state index is -1.12. The second-order valence-electron chi connectivity index (χ2n) is 3.09. The largest absolute Gasteiger partial charge is 0.464 e. The Kier molecular flexibility index (Phi) is 3.32. The molecule has 0 amide bonds. The van der Waals surface area contributed by atoms with Crippen LogP contribution in [0.15, 0.2) is 27.3 Å². The van der Waals surface area contributed by atoms with Crippen LogP contribution in [0.2, 0.25) is 0 Å². The molecule has 1 unspecified atom stereocenters. The van der Waals surface area contributed by atoms with Crippen LogP contribution in [0, 0.1) is 0 Å². The van der Waals surface area contributed by atoms with E-state index in [2.05, 4.69) is 15.9 Å². The number of furan rings is 1. The van der Waals surface area contributed by atoms with Crippen molar-refractivity contribution in [2.75, 3.05) is 0 Å². The fraction of sp³-hybridized carbons (Fsp3) is 0.200. The van der Waals surface area contributed by atoms with Gasteiger partial charge >= 0.3 is 0 Å². The van der Waals surface area contributed by atoms with Crippen molar-refractivity contribution in [2.45, 2.75) is 10.8 Å². The van der Waals surface area contributed by atoms with Gasteiger partial charge in [-0.2, -0.15) is 0 Å².